The first-order valence-electron chi connectivity index (χ1n) is 4.59. The maximum Gasteiger partial charge on any atom is 0.119 e. The second kappa shape index (κ2) is 3.70. The lowest BCUT2D eigenvalue weighted by molar-refractivity contribution is 0.413. The van der Waals surface area contributed by atoms with Crippen LogP contribution in [0.3, 0.4) is 0 Å². The number of ether oxygens (including phenoxy) is 1. The number of fused-ring (bicyclic) bond motifs is 1. The highest BCUT2D eigenvalue weighted by atomic mass is 79.9. The van der Waals surface area contributed by atoms with Gasteiger partial charge in [-0.05, 0) is 42.5 Å². The van der Waals surface area contributed by atoms with Crippen LogP contribution in [-0.4, -0.2) is 11.9 Å². The van der Waals surface area contributed by atoms with Crippen molar-refractivity contribution in [2.24, 2.45) is 0 Å². The molecule has 1 aliphatic rings. The summed E-state index contributed by atoms with van der Waals surface area (Å²) in [5.41, 5.74) is 2.92. The maximum atomic E-state index is 5.20. The number of hydrogen-bond acceptors (Lipinski definition) is 1. The van der Waals surface area contributed by atoms with Crippen molar-refractivity contribution >= 4 is 15.9 Å². The highest BCUT2D eigenvalue weighted by molar-refractivity contribution is 9.09. The molecule has 0 spiro atoms. The van der Waals surface area contributed by atoms with Gasteiger partial charge in [-0.2, -0.15) is 0 Å². The van der Waals surface area contributed by atoms with Crippen molar-refractivity contribution in [2.45, 2.75) is 24.1 Å². The maximum absolute atomic E-state index is 5.20. The molecule has 70 valence electrons. The quantitative estimate of drug-likeness (QED) is 0.687. The van der Waals surface area contributed by atoms with E-state index in [1.165, 1.54) is 24.0 Å². The van der Waals surface area contributed by atoms with Crippen molar-refractivity contribution in [1.29, 1.82) is 0 Å². The largest absolute Gasteiger partial charge is 0.497 e. The minimum Gasteiger partial charge on any atom is -0.497 e. The van der Waals surface area contributed by atoms with Gasteiger partial charge in [-0.3, -0.25) is 0 Å². The van der Waals surface area contributed by atoms with Crippen LogP contribution in [0.5, 0.6) is 5.75 Å². The van der Waals surface area contributed by atoms with Crippen molar-refractivity contribution in [3.8, 4) is 5.75 Å². The van der Waals surface area contributed by atoms with Crippen LogP contribution in [-0.2, 0) is 12.8 Å². The third-order valence-electron chi connectivity index (χ3n) is 2.58. The second-order valence-corrected chi connectivity index (χ2v) is 4.77. The van der Waals surface area contributed by atoms with E-state index in [-0.39, 0.29) is 0 Å². The van der Waals surface area contributed by atoms with Gasteiger partial charge in [-0.15, -0.1) is 0 Å². The van der Waals surface area contributed by atoms with E-state index in [0.29, 0.717) is 4.83 Å². The van der Waals surface area contributed by atoms with E-state index < -0.39 is 0 Å². The van der Waals surface area contributed by atoms with E-state index >= 15 is 0 Å². The monoisotopic (exact) mass is 240 g/mol. The average Bonchev–Trinajstić information content (AvgIpc) is 2.16. The standard InChI is InChI=1S/C11H13BrO/c1-13-11-5-3-8-2-4-10(12)6-9(8)7-11/h3,5,7,10H,2,4,6H2,1H3/t10-/m0/s1. The van der Waals surface area contributed by atoms with E-state index in [1.807, 2.05) is 6.07 Å². The van der Waals surface area contributed by atoms with E-state index in [1.54, 1.807) is 7.11 Å². The lowest BCUT2D eigenvalue weighted by atomic mass is 9.91. The Kier molecular flexibility index (Phi) is 2.58. The molecule has 0 fully saturated rings. The Morgan fingerprint density at radius 3 is 3.00 bits per heavy atom. The number of halogens is 1. The van der Waals surface area contributed by atoms with Gasteiger partial charge in [0.15, 0.2) is 0 Å². The normalized spacial score (nSPS) is 20.9. The average molecular weight is 241 g/mol. The zero-order valence-electron chi connectivity index (χ0n) is 7.72. The van der Waals surface area contributed by atoms with Gasteiger partial charge in [0.1, 0.15) is 5.75 Å². The first kappa shape index (κ1) is 9.07. The van der Waals surface area contributed by atoms with Gasteiger partial charge in [0.2, 0.25) is 0 Å². The summed E-state index contributed by atoms with van der Waals surface area (Å²) in [6, 6.07) is 6.39. The second-order valence-electron chi connectivity index (χ2n) is 3.47. The first-order valence-corrected chi connectivity index (χ1v) is 5.51. The Balaban J connectivity index is 2.32. The summed E-state index contributed by atoms with van der Waals surface area (Å²) in [7, 11) is 1.72. The lowest BCUT2D eigenvalue weighted by Crippen LogP contribution is -2.13. The topological polar surface area (TPSA) is 9.23 Å². The van der Waals surface area contributed by atoms with Crippen LogP contribution in [0.2, 0.25) is 0 Å². The van der Waals surface area contributed by atoms with Crippen LogP contribution < -0.4 is 4.74 Å². The summed E-state index contributed by atoms with van der Waals surface area (Å²) in [6.45, 7) is 0. The molecule has 0 N–H and O–H groups in total. The number of aryl methyl sites for hydroxylation is 1. The van der Waals surface area contributed by atoms with Crippen LogP contribution in [0.25, 0.3) is 0 Å². The van der Waals surface area contributed by atoms with Crippen LogP contribution >= 0.6 is 15.9 Å². The van der Waals surface area contributed by atoms with E-state index in [9.17, 15) is 0 Å². The van der Waals surface area contributed by atoms with Gasteiger partial charge in [-0.25, -0.2) is 0 Å². The SMILES string of the molecule is COc1ccc2c(c1)C[C@@H](Br)CC2. The predicted molar refractivity (Wildman–Crippen MR) is 57.7 cm³/mol. The fraction of sp³-hybridized carbons (Fsp3) is 0.455. The van der Waals surface area contributed by atoms with Crippen molar-refractivity contribution in [1.82, 2.24) is 0 Å². The van der Waals surface area contributed by atoms with Gasteiger partial charge in [0.25, 0.3) is 0 Å². The summed E-state index contributed by atoms with van der Waals surface area (Å²) in [5.74, 6) is 0.973. The number of methoxy groups -OCH3 is 1. The molecule has 2 heteroatoms. The first-order chi connectivity index (χ1) is 6.29. The zero-order valence-corrected chi connectivity index (χ0v) is 9.30. The van der Waals surface area contributed by atoms with Gasteiger partial charge >= 0.3 is 0 Å². The summed E-state index contributed by atoms with van der Waals surface area (Å²) in [4.78, 5) is 0.645. The Labute approximate surface area is 87.2 Å². The molecule has 0 bridgehead atoms. The molecule has 0 aromatic heterocycles. The fourth-order valence-electron chi connectivity index (χ4n) is 1.82. The smallest absolute Gasteiger partial charge is 0.119 e. The van der Waals surface area contributed by atoms with E-state index in [4.69, 9.17) is 4.74 Å². The van der Waals surface area contributed by atoms with Crippen LogP contribution in [0, 0.1) is 0 Å². The molecule has 0 heterocycles. The van der Waals surface area contributed by atoms with Crippen LogP contribution in [0.1, 0.15) is 17.5 Å². The Hall–Kier alpha value is -0.500. The van der Waals surface area contributed by atoms with Crippen molar-refractivity contribution in [3.05, 3.63) is 29.3 Å². The highest BCUT2D eigenvalue weighted by Gasteiger charge is 2.16. The molecule has 1 atom stereocenters. The Morgan fingerprint density at radius 1 is 1.38 bits per heavy atom. The number of alkyl halides is 1. The van der Waals surface area contributed by atoms with Crippen molar-refractivity contribution in [3.63, 3.8) is 0 Å². The Morgan fingerprint density at radius 2 is 2.23 bits per heavy atom. The molecule has 0 amide bonds. The Bertz CT molecular complexity index is 309. The minimum atomic E-state index is 0.645. The molecule has 0 unspecified atom stereocenters. The van der Waals surface area contributed by atoms with E-state index in [2.05, 4.69) is 28.1 Å². The van der Waals surface area contributed by atoms with Crippen LogP contribution in [0.4, 0.5) is 0 Å². The summed E-state index contributed by atoms with van der Waals surface area (Å²) < 4.78 is 5.20. The molecule has 0 saturated heterocycles. The van der Waals surface area contributed by atoms with Crippen molar-refractivity contribution in [2.75, 3.05) is 7.11 Å². The molecule has 0 saturated carbocycles. The summed E-state index contributed by atoms with van der Waals surface area (Å²) >= 11 is 3.66. The molecular formula is C11H13BrO. The van der Waals surface area contributed by atoms with Crippen molar-refractivity contribution < 1.29 is 4.74 Å². The molecule has 1 aromatic carbocycles. The summed E-state index contributed by atoms with van der Waals surface area (Å²) in [5, 5.41) is 0. The lowest BCUT2D eigenvalue weighted by Gasteiger charge is -2.20. The molecule has 1 aliphatic carbocycles. The van der Waals surface area contributed by atoms with Gasteiger partial charge in [-0.1, -0.05) is 22.0 Å². The number of benzene rings is 1. The third-order valence-corrected chi connectivity index (χ3v) is 3.36. The van der Waals surface area contributed by atoms with Gasteiger partial charge in [0, 0.05) is 4.83 Å². The minimum absolute atomic E-state index is 0.645. The van der Waals surface area contributed by atoms with E-state index in [0.717, 1.165) is 12.2 Å². The zero-order chi connectivity index (χ0) is 9.26. The number of rotatable bonds is 1. The molecule has 13 heavy (non-hydrogen) atoms. The fourth-order valence-corrected chi connectivity index (χ4v) is 2.39. The molecule has 2 rings (SSSR count). The van der Waals surface area contributed by atoms with Gasteiger partial charge in [0.05, 0.1) is 7.11 Å². The molecular weight excluding hydrogens is 228 g/mol. The van der Waals surface area contributed by atoms with Gasteiger partial charge < -0.3 is 4.74 Å². The predicted octanol–water partition coefficient (Wildman–Crippen LogP) is 2.95. The molecule has 0 aliphatic heterocycles. The van der Waals surface area contributed by atoms with Crippen LogP contribution in [0.15, 0.2) is 18.2 Å². The highest BCUT2D eigenvalue weighted by Crippen LogP contribution is 2.28. The summed E-state index contributed by atoms with van der Waals surface area (Å²) in [6.07, 6.45) is 3.57. The molecule has 1 nitrogen and oxygen atoms in total. The molecule has 0 radical (unpaired) electrons. The number of hydrogen-bond donors (Lipinski definition) is 0. The third kappa shape index (κ3) is 1.88. The molecule has 1 aromatic rings.